The van der Waals surface area contributed by atoms with Crippen molar-refractivity contribution in [2.75, 3.05) is 11.5 Å². The molecular formula is C15H16F3N3O2S. The fraction of sp³-hybridized carbons (Fsp3) is 0.400. The van der Waals surface area contributed by atoms with Crippen molar-refractivity contribution in [3.05, 3.63) is 34.8 Å². The molecule has 130 valence electrons. The van der Waals surface area contributed by atoms with E-state index in [1.54, 1.807) is 11.0 Å². The first kappa shape index (κ1) is 18.2. The highest BCUT2D eigenvalue weighted by molar-refractivity contribution is 7.13. The van der Waals surface area contributed by atoms with Gasteiger partial charge in [0.05, 0.1) is 0 Å². The van der Waals surface area contributed by atoms with Crippen LogP contribution in [-0.4, -0.2) is 28.8 Å². The van der Waals surface area contributed by atoms with Crippen LogP contribution in [0, 0.1) is 6.92 Å². The van der Waals surface area contributed by atoms with Gasteiger partial charge in [-0.05, 0) is 32.4 Å². The van der Waals surface area contributed by atoms with E-state index in [0.29, 0.717) is 0 Å². The first-order valence-corrected chi connectivity index (χ1v) is 7.93. The molecule has 0 saturated heterocycles. The van der Waals surface area contributed by atoms with Gasteiger partial charge in [0.15, 0.2) is 6.61 Å². The van der Waals surface area contributed by atoms with Crippen molar-refractivity contribution in [2.24, 2.45) is 0 Å². The molecule has 0 radical (unpaired) electrons. The number of carbonyl (C=O) groups is 1. The maximum absolute atomic E-state index is 12.5. The second kappa shape index (κ2) is 7.16. The minimum Gasteiger partial charge on any atom is -0.459 e. The zero-order chi connectivity index (χ0) is 17.9. The molecule has 0 aliphatic carbocycles. The molecule has 2 rings (SSSR count). The smallest absolute Gasteiger partial charge is 0.445 e. The van der Waals surface area contributed by atoms with Crippen LogP contribution in [0.25, 0.3) is 0 Å². The lowest BCUT2D eigenvalue weighted by Crippen LogP contribution is -2.40. The van der Waals surface area contributed by atoms with Gasteiger partial charge in [0.2, 0.25) is 5.01 Å². The molecule has 0 bridgehead atoms. The summed E-state index contributed by atoms with van der Waals surface area (Å²) in [5.41, 5.74) is 1.64. The number of ether oxygens (including phenoxy) is 1. The van der Waals surface area contributed by atoms with E-state index in [1.807, 2.05) is 39.0 Å². The van der Waals surface area contributed by atoms with E-state index in [2.05, 4.69) is 10.2 Å². The van der Waals surface area contributed by atoms with E-state index in [-0.39, 0.29) is 28.5 Å². The molecule has 9 heteroatoms. The number of aromatic nitrogens is 2. The quantitative estimate of drug-likeness (QED) is 0.817. The molecule has 0 spiro atoms. The molecule has 24 heavy (non-hydrogen) atoms. The van der Waals surface area contributed by atoms with Gasteiger partial charge in [0, 0.05) is 11.7 Å². The number of nitrogens with zero attached hydrogens (tertiary/aromatic N) is 3. The highest BCUT2D eigenvalue weighted by atomic mass is 32.1. The molecule has 1 amide bonds. The molecule has 0 atom stereocenters. The second-order valence-corrected chi connectivity index (χ2v) is 6.24. The molecule has 2 aromatic rings. The van der Waals surface area contributed by atoms with E-state index in [0.717, 1.165) is 11.3 Å². The van der Waals surface area contributed by atoms with Gasteiger partial charge >= 0.3 is 6.18 Å². The van der Waals surface area contributed by atoms with Gasteiger partial charge in [-0.2, -0.15) is 13.2 Å². The number of hydrogen-bond donors (Lipinski definition) is 0. The van der Waals surface area contributed by atoms with Crippen LogP contribution in [-0.2, 0) is 11.0 Å². The molecular weight excluding hydrogens is 343 g/mol. The Morgan fingerprint density at radius 2 is 1.96 bits per heavy atom. The predicted molar refractivity (Wildman–Crippen MR) is 84.2 cm³/mol. The summed E-state index contributed by atoms with van der Waals surface area (Å²) in [5.74, 6) is -0.372. The van der Waals surface area contributed by atoms with E-state index in [9.17, 15) is 18.0 Å². The summed E-state index contributed by atoms with van der Waals surface area (Å²) in [7, 11) is 0. The normalized spacial score (nSPS) is 11.6. The number of halogens is 3. The van der Waals surface area contributed by atoms with Crippen molar-refractivity contribution in [1.82, 2.24) is 10.2 Å². The standard InChI is InChI=1S/C15H16F3N3O2S/c1-9(2)21(11-7-5-4-6-10(11)3)12(22)8-23-14-20-19-13(24-14)15(16,17)18/h4-7,9H,8H2,1-3H3. The minimum absolute atomic E-state index is 0.137. The lowest BCUT2D eigenvalue weighted by atomic mass is 10.1. The summed E-state index contributed by atoms with van der Waals surface area (Å²) < 4.78 is 42.5. The lowest BCUT2D eigenvalue weighted by Gasteiger charge is -2.28. The van der Waals surface area contributed by atoms with Crippen LogP contribution in [0.15, 0.2) is 24.3 Å². The summed E-state index contributed by atoms with van der Waals surface area (Å²) in [4.78, 5) is 14.0. The highest BCUT2D eigenvalue weighted by Crippen LogP contribution is 2.34. The molecule has 5 nitrogen and oxygen atoms in total. The Morgan fingerprint density at radius 3 is 2.50 bits per heavy atom. The summed E-state index contributed by atoms with van der Waals surface area (Å²) in [6.45, 7) is 5.15. The highest BCUT2D eigenvalue weighted by Gasteiger charge is 2.36. The van der Waals surface area contributed by atoms with Crippen molar-refractivity contribution < 1.29 is 22.7 Å². The van der Waals surface area contributed by atoms with Crippen molar-refractivity contribution in [1.29, 1.82) is 0 Å². The van der Waals surface area contributed by atoms with Gasteiger partial charge in [-0.1, -0.05) is 34.6 Å². The predicted octanol–water partition coefficient (Wildman–Crippen LogP) is 3.69. The monoisotopic (exact) mass is 359 g/mol. The molecule has 1 aromatic heterocycles. The van der Waals surface area contributed by atoms with Gasteiger partial charge in [-0.3, -0.25) is 4.79 Å². The average Bonchev–Trinajstić information content (AvgIpc) is 2.96. The zero-order valence-electron chi connectivity index (χ0n) is 13.3. The number of hydrogen-bond acceptors (Lipinski definition) is 5. The Balaban J connectivity index is 2.09. The SMILES string of the molecule is Cc1ccccc1N(C(=O)COc1nnc(C(F)(F)F)s1)C(C)C. The molecule has 0 fully saturated rings. The number of alkyl halides is 3. The van der Waals surface area contributed by atoms with Crippen molar-refractivity contribution in [2.45, 2.75) is 33.0 Å². The largest absolute Gasteiger partial charge is 0.459 e. The summed E-state index contributed by atoms with van der Waals surface area (Å²) >= 11 is 0.261. The zero-order valence-corrected chi connectivity index (χ0v) is 14.1. The second-order valence-electron chi connectivity index (χ2n) is 5.30. The third-order valence-electron chi connectivity index (χ3n) is 3.13. The molecule has 1 aromatic carbocycles. The fourth-order valence-corrected chi connectivity index (χ4v) is 2.67. The third kappa shape index (κ3) is 4.22. The Morgan fingerprint density at radius 1 is 1.29 bits per heavy atom. The van der Waals surface area contributed by atoms with Crippen LogP contribution in [0.4, 0.5) is 18.9 Å². The molecule has 0 aliphatic heterocycles. The number of carbonyl (C=O) groups excluding carboxylic acids is 1. The van der Waals surface area contributed by atoms with Crippen molar-refractivity contribution in [3.63, 3.8) is 0 Å². The maximum atomic E-state index is 12.5. The summed E-state index contributed by atoms with van der Waals surface area (Å²) in [6.07, 6.45) is -4.57. The van der Waals surface area contributed by atoms with Crippen LogP contribution < -0.4 is 9.64 Å². The Kier molecular flexibility index (Phi) is 5.43. The maximum Gasteiger partial charge on any atom is 0.445 e. The van der Waals surface area contributed by atoms with E-state index >= 15 is 0 Å². The molecule has 1 heterocycles. The van der Waals surface area contributed by atoms with Crippen LogP contribution in [0.3, 0.4) is 0 Å². The van der Waals surface area contributed by atoms with E-state index in [4.69, 9.17) is 4.74 Å². The molecule has 0 unspecified atom stereocenters. The topological polar surface area (TPSA) is 55.3 Å². The average molecular weight is 359 g/mol. The summed E-state index contributed by atoms with van der Waals surface area (Å²) in [6, 6.07) is 7.21. The molecule has 0 N–H and O–H groups in total. The number of aryl methyl sites for hydroxylation is 1. The first-order chi connectivity index (χ1) is 11.2. The van der Waals surface area contributed by atoms with E-state index in [1.165, 1.54) is 0 Å². The van der Waals surface area contributed by atoms with Gasteiger partial charge in [0.1, 0.15) is 0 Å². The Labute approximate surface area is 141 Å². The number of para-hydroxylation sites is 1. The first-order valence-electron chi connectivity index (χ1n) is 7.11. The van der Waals surface area contributed by atoms with Crippen molar-refractivity contribution in [3.8, 4) is 5.19 Å². The summed E-state index contributed by atoms with van der Waals surface area (Å²) in [5, 5.41) is 4.92. The van der Waals surface area contributed by atoms with Crippen molar-refractivity contribution >= 4 is 22.9 Å². The van der Waals surface area contributed by atoms with Crippen LogP contribution >= 0.6 is 11.3 Å². The van der Waals surface area contributed by atoms with Gasteiger partial charge in [-0.15, -0.1) is 5.10 Å². The van der Waals surface area contributed by atoms with Gasteiger partial charge < -0.3 is 9.64 Å². The van der Waals surface area contributed by atoms with Gasteiger partial charge in [-0.25, -0.2) is 0 Å². The van der Waals surface area contributed by atoms with Crippen LogP contribution in [0.5, 0.6) is 5.19 Å². The van der Waals surface area contributed by atoms with Crippen LogP contribution in [0.2, 0.25) is 0 Å². The Bertz CT molecular complexity index is 716. The fourth-order valence-electron chi connectivity index (χ4n) is 2.11. The Hall–Kier alpha value is -2.16. The molecule has 0 aliphatic rings. The number of anilines is 1. The van der Waals surface area contributed by atoms with Crippen LogP contribution in [0.1, 0.15) is 24.4 Å². The van der Waals surface area contributed by atoms with Gasteiger partial charge in [0.25, 0.3) is 11.1 Å². The lowest BCUT2D eigenvalue weighted by molar-refractivity contribution is -0.138. The van der Waals surface area contributed by atoms with E-state index < -0.39 is 17.8 Å². The molecule has 0 saturated carbocycles. The third-order valence-corrected chi connectivity index (χ3v) is 4.01. The number of rotatable bonds is 5. The number of amides is 1. The minimum atomic E-state index is -4.57. The number of benzene rings is 1.